The molecule has 0 saturated carbocycles. The Bertz CT molecular complexity index is 1130. The standard InChI is InChI=1S/C72H143NO5/c1-3-5-7-9-11-13-15-40-44-48-52-56-60-64-70(75)69(68-74)73-71(76)65-61-57-53-49-45-42-38-36-34-32-30-28-26-24-22-20-18-17-19-21-23-25-27-29-31-33-35-37-39-43-47-51-55-59-63-67-78-72(77)66-62-58-54-50-46-41-16-14-12-10-8-6-4-2/h69-70,74-75H,3-68H2,1-2H3,(H,73,76). The summed E-state index contributed by atoms with van der Waals surface area (Å²) >= 11 is 0. The Hall–Kier alpha value is -1.14. The smallest absolute Gasteiger partial charge is 0.305 e. The molecule has 466 valence electrons. The van der Waals surface area contributed by atoms with Gasteiger partial charge in [-0.1, -0.05) is 386 Å². The van der Waals surface area contributed by atoms with Crippen LogP contribution in [0.1, 0.15) is 425 Å². The van der Waals surface area contributed by atoms with Crippen LogP contribution in [0, 0.1) is 0 Å². The first-order valence-electron chi connectivity index (χ1n) is 36.3. The van der Waals surface area contributed by atoms with Gasteiger partial charge in [0.15, 0.2) is 0 Å². The molecule has 0 aromatic carbocycles. The van der Waals surface area contributed by atoms with Crippen molar-refractivity contribution in [3.05, 3.63) is 0 Å². The fourth-order valence-corrected chi connectivity index (χ4v) is 11.9. The number of aliphatic hydroxyl groups excluding tert-OH is 2. The molecule has 0 spiro atoms. The second-order valence-electron chi connectivity index (χ2n) is 25.3. The van der Waals surface area contributed by atoms with E-state index in [4.69, 9.17) is 4.74 Å². The molecule has 2 unspecified atom stereocenters. The Morgan fingerprint density at radius 1 is 0.308 bits per heavy atom. The number of ether oxygens (including phenoxy) is 1. The molecule has 78 heavy (non-hydrogen) atoms. The molecular formula is C72H143NO5. The molecule has 0 fully saturated rings. The Labute approximate surface area is 489 Å². The predicted molar refractivity (Wildman–Crippen MR) is 343 cm³/mol. The average Bonchev–Trinajstić information content (AvgIpc) is 3.44. The highest BCUT2D eigenvalue weighted by Gasteiger charge is 2.20. The number of unbranched alkanes of at least 4 members (excludes halogenated alkanes) is 58. The molecule has 1 amide bonds. The molecule has 2 atom stereocenters. The zero-order chi connectivity index (χ0) is 56.4. The highest BCUT2D eigenvalue weighted by molar-refractivity contribution is 5.76. The van der Waals surface area contributed by atoms with Crippen LogP contribution in [0.4, 0.5) is 0 Å². The van der Waals surface area contributed by atoms with E-state index in [-0.39, 0.29) is 18.5 Å². The van der Waals surface area contributed by atoms with Gasteiger partial charge in [-0.2, -0.15) is 0 Å². The fraction of sp³-hybridized carbons (Fsp3) is 0.972. The van der Waals surface area contributed by atoms with E-state index in [1.54, 1.807) is 0 Å². The molecule has 0 bridgehead atoms. The molecular weight excluding hydrogens is 959 g/mol. The lowest BCUT2D eigenvalue weighted by Gasteiger charge is -2.22. The van der Waals surface area contributed by atoms with E-state index in [0.717, 1.165) is 38.5 Å². The lowest BCUT2D eigenvalue weighted by Crippen LogP contribution is -2.45. The Morgan fingerprint density at radius 3 is 0.782 bits per heavy atom. The van der Waals surface area contributed by atoms with Crippen molar-refractivity contribution >= 4 is 11.9 Å². The second-order valence-corrected chi connectivity index (χ2v) is 25.3. The predicted octanol–water partition coefficient (Wildman–Crippen LogP) is 23.4. The zero-order valence-electron chi connectivity index (χ0n) is 53.4. The van der Waals surface area contributed by atoms with E-state index in [1.807, 2.05) is 0 Å². The molecule has 3 N–H and O–H groups in total. The second kappa shape index (κ2) is 68.4. The van der Waals surface area contributed by atoms with Crippen molar-refractivity contribution in [2.75, 3.05) is 13.2 Å². The highest BCUT2D eigenvalue weighted by Crippen LogP contribution is 2.20. The molecule has 6 heteroatoms. The Kier molecular flexibility index (Phi) is 67.4. The third-order valence-electron chi connectivity index (χ3n) is 17.4. The molecule has 0 heterocycles. The van der Waals surface area contributed by atoms with Gasteiger partial charge >= 0.3 is 5.97 Å². The maximum Gasteiger partial charge on any atom is 0.305 e. The van der Waals surface area contributed by atoms with Crippen LogP contribution in [0.25, 0.3) is 0 Å². The van der Waals surface area contributed by atoms with Gasteiger partial charge in [-0.15, -0.1) is 0 Å². The molecule has 6 nitrogen and oxygen atoms in total. The van der Waals surface area contributed by atoms with Crippen molar-refractivity contribution in [1.29, 1.82) is 0 Å². The number of carbonyl (C=O) groups is 2. The minimum Gasteiger partial charge on any atom is -0.466 e. The molecule has 0 rings (SSSR count). The normalized spacial score (nSPS) is 12.4. The minimum absolute atomic E-state index is 0.0252. The first-order chi connectivity index (χ1) is 38.5. The van der Waals surface area contributed by atoms with E-state index in [9.17, 15) is 19.8 Å². The van der Waals surface area contributed by atoms with Crippen molar-refractivity contribution in [2.24, 2.45) is 0 Å². The third kappa shape index (κ3) is 64.0. The van der Waals surface area contributed by atoms with Gasteiger partial charge in [0.1, 0.15) is 0 Å². The first kappa shape index (κ1) is 76.9. The number of rotatable bonds is 69. The van der Waals surface area contributed by atoms with Gasteiger partial charge in [0.05, 0.1) is 25.4 Å². The van der Waals surface area contributed by atoms with Gasteiger partial charge in [0.2, 0.25) is 5.91 Å². The van der Waals surface area contributed by atoms with Crippen LogP contribution < -0.4 is 5.32 Å². The summed E-state index contributed by atoms with van der Waals surface area (Å²) in [6.45, 7) is 5.00. The first-order valence-corrected chi connectivity index (χ1v) is 36.3. The lowest BCUT2D eigenvalue weighted by molar-refractivity contribution is -0.143. The number of hydrogen-bond donors (Lipinski definition) is 3. The summed E-state index contributed by atoms with van der Waals surface area (Å²) in [6, 6.07) is -0.535. The van der Waals surface area contributed by atoms with Crippen molar-refractivity contribution in [3.63, 3.8) is 0 Å². The van der Waals surface area contributed by atoms with Gasteiger partial charge in [0.25, 0.3) is 0 Å². The number of esters is 1. The largest absolute Gasteiger partial charge is 0.466 e. The van der Waals surface area contributed by atoms with Crippen molar-refractivity contribution in [3.8, 4) is 0 Å². The number of hydrogen-bond acceptors (Lipinski definition) is 5. The Morgan fingerprint density at radius 2 is 0.526 bits per heavy atom. The van der Waals surface area contributed by atoms with E-state index in [2.05, 4.69) is 19.2 Å². The number of amides is 1. The van der Waals surface area contributed by atoms with Crippen LogP contribution in [0.2, 0.25) is 0 Å². The van der Waals surface area contributed by atoms with Crippen LogP contribution >= 0.6 is 0 Å². The minimum atomic E-state index is -0.658. The van der Waals surface area contributed by atoms with E-state index >= 15 is 0 Å². The summed E-state index contributed by atoms with van der Waals surface area (Å²) in [5.41, 5.74) is 0. The van der Waals surface area contributed by atoms with E-state index in [0.29, 0.717) is 25.9 Å². The quantitative estimate of drug-likeness (QED) is 0.0417. The van der Waals surface area contributed by atoms with Crippen LogP contribution in [0.3, 0.4) is 0 Å². The summed E-state index contributed by atoms with van der Waals surface area (Å²) in [5, 5.41) is 23.3. The van der Waals surface area contributed by atoms with Gasteiger partial charge in [0, 0.05) is 12.8 Å². The fourth-order valence-electron chi connectivity index (χ4n) is 11.9. The molecule has 0 radical (unpaired) electrons. The van der Waals surface area contributed by atoms with Crippen LogP contribution in [-0.4, -0.2) is 47.4 Å². The molecule has 0 aliphatic carbocycles. The maximum atomic E-state index is 12.5. The molecule has 0 aliphatic heterocycles. The lowest BCUT2D eigenvalue weighted by atomic mass is 10.0. The zero-order valence-corrected chi connectivity index (χ0v) is 53.4. The van der Waals surface area contributed by atoms with Crippen molar-refractivity contribution < 1.29 is 24.5 Å². The van der Waals surface area contributed by atoms with Gasteiger partial charge in [-0.05, 0) is 25.7 Å². The number of aliphatic hydroxyl groups is 2. The van der Waals surface area contributed by atoms with Crippen molar-refractivity contribution in [1.82, 2.24) is 5.32 Å². The van der Waals surface area contributed by atoms with E-state index < -0.39 is 12.1 Å². The van der Waals surface area contributed by atoms with E-state index in [1.165, 1.54) is 353 Å². The highest BCUT2D eigenvalue weighted by atomic mass is 16.5. The Balaban J connectivity index is 3.28. The van der Waals surface area contributed by atoms with Crippen LogP contribution in [-0.2, 0) is 14.3 Å². The van der Waals surface area contributed by atoms with Crippen molar-refractivity contribution in [2.45, 2.75) is 437 Å². The summed E-state index contributed by atoms with van der Waals surface area (Å²) in [4.78, 5) is 24.5. The number of nitrogens with one attached hydrogen (secondary N) is 1. The topological polar surface area (TPSA) is 95.9 Å². The molecule has 0 saturated heterocycles. The monoisotopic (exact) mass is 1100 g/mol. The SMILES string of the molecule is CCCCCCCCCCCCCCCC(=O)OCCCCCCCCCCCCCCCCCCCCCCCCCCCCCCCCCCCCCC(=O)NC(CO)C(O)CCCCCCCCCCCCCCC. The summed E-state index contributed by atoms with van der Waals surface area (Å²) < 4.78 is 5.49. The van der Waals surface area contributed by atoms with Gasteiger partial charge in [-0.3, -0.25) is 9.59 Å². The summed E-state index contributed by atoms with van der Waals surface area (Å²) in [6.07, 6.45) is 83.2. The molecule has 0 aliphatic rings. The van der Waals surface area contributed by atoms with Gasteiger partial charge in [-0.25, -0.2) is 0 Å². The summed E-state index contributed by atoms with van der Waals surface area (Å²) in [7, 11) is 0. The number of carbonyl (C=O) groups excluding carboxylic acids is 2. The van der Waals surface area contributed by atoms with Gasteiger partial charge < -0.3 is 20.3 Å². The maximum absolute atomic E-state index is 12.5. The van der Waals surface area contributed by atoms with Crippen LogP contribution in [0.5, 0.6) is 0 Å². The molecule has 0 aromatic rings. The van der Waals surface area contributed by atoms with Crippen LogP contribution in [0.15, 0.2) is 0 Å². The molecule has 0 aromatic heterocycles. The summed E-state index contributed by atoms with van der Waals surface area (Å²) in [5.74, 6) is -0.00150. The average molecular weight is 1100 g/mol. The third-order valence-corrected chi connectivity index (χ3v) is 17.4.